The van der Waals surface area contributed by atoms with E-state index in [2.05, 4.69) is 10.6 Å². The number of rotatable bonds is 7. The second-order valence-corrected chi connectivity index (χ2v) is 5.44. The molecule has 9 heteroatoms. The summed E-state index contributed by atoms with van der Waals surface area (Å²) in [6.07, 6.45) is 0. The predicted molar refractivity (Wildman–Crippen MR) is 71.1 cm³/mol. The first-order valence-electron chi connectivity index (χ1n) is 5.66. The topological polar surface area (TPSA) is 111 Å². The number of hydrogen-bond donors (Lipinski definition) is 3. The van der Waals surface area contributed by atoms with Gasteiger partial charge in [-0.25, -0.2) is 17.9 Å². The number of anilines is 1. The fourth-order valence-electron chi connectivity index (χ4n) is 1.35. The molecule has 20 heavy (non-hydrogen) atoms. The first-order chi connectivity index (χ1) is 9.34. The Morgan fingerprint density at radius 1 is 1.45 bits per heavy atom. The monoisotopic (exact) mass is 305 g/mol. The van der Waals surface area contributed by atoms with Gasteiger partial charge < -0.3 is 15.4 Å². The average molecular weight is 305 g/mol. The van der Waals surface area contributed by atoms with Crippen LogP contribution in [0.4, 0.5) is 10.1 Å². The minimum absolute atomic E-state index is 0.0132. The normalized spacial score (nSPS) is 11.2. The number of halogens is 1. The van der Waals surface area contributed by atoms with E-state index in [1.165, 1.54) is 13.2 Å². The van der Waals surface area contributed by atoms with Crippen molar-refractivity contribution in [2.24, 2.45) is 5.14 Å². The summed E-state index contributed by atoms with van der Waals surface area (Å²) in [5.74, 6) is -1.14. The Morgan fingerprint density at radius 3 is 2.70 bits per heavy atom. The van der Waals surface area contributed by atoms with Gasteiger partial charge in [-0.05, 0) is 18.2 Å². The van der Waals surface area contributed by atoms with E-state index in [4.69, 9.17) is 9.88 Å². The highest BCUT2D eigenvalue weighted by atomic mass is 32.2. The molecule has 1 rings (SSSR count). The zero-order chi connectivity index (χ0) is 15.2. The standard InChI is InChI=1S/C11H16FN3O4S/c1-19-5-4-14-11(16)7-15-10-3-2-8(6-9(10)12)20(13,17)18/h2-3,6,15H,4-5,7H2,1H3,(H,14,16)(H2,13,17,18). The van der Waals surface area contributed by atoms with Crippen LogP contribution in [0.5, 0.6) is 0 Å². The molecular formula is C11H16FN3O4S. The van der Waals surface area contributed by atoms with Crippen LogP contribution in [0.1, 0.15) is 0 Å². The summed E-state index contributed by atoms with van der Waals surface area (Å²) in [7, 11) is -2.44. The molecule has 0 aromatic heterocycles. The van der Waals surface area contributed by atoms with Crippen LogP contribution in [0.25, 0.3) is 0 Å². The molecule has 0 radical (unpaired) electrons. The highest BCUT2D eigenvalue weighted by Crippen LogP contribution is 2.17. The average Bonchev–Trinajstić information content (AvgIpc) is 2.36. The maximum atomic E-state index is 13.6. The third-order valence-corrected chi connectivity index (χ3v) is 3.25. The van der Waals surface area contributed by atoms with Gasteiger partial charge in [0.2, 0.25) is 15.9 Å². The van der Waals surface area contributed by atoms with Crippen LogP contribution in [-0.2, 0) is 19.6 Å². The summed E-state index contributed by atoms with van der Waals surface area (Å²) < 4.78 is 40.4. The Morgan fingerprint density at radius 2 is 2.15 bits per heavy atom. The van der Waals surface area contributed by atoms with Gasteiger partial charge in [0, 0.05) is 13.7 Å². The van der Waals surface area contributed by atoms with Gasteiger partial charge in [-0.15, -0.1) is 0 Å². The number of nitrogens with one attached hydrogen (secondary N) is 2. The van der Waals surface area contributed by atoms with Crippen LogP contribution in [0.2, 0.25) is 0 Å². The Labute approximate surface area is 116 Å². The van der Waals surface area contributed by atoms with E-state index in [9.17, 15) is 17.6 Å². The number of amides is 1. The first-order valence-corrected chi connectivity index (χ1v) is 7.21. The number of primary sulfonamides is 1. The van der Waals surface area contributed by atoms with E-state index in [0.717, 1.165) is 12.1 Å². The van der Waals surface area contributed by atoms with Gasteiger partial charge in [-0.3, -0.25) is 4.79 Å². The molecule has 0 saturated carbocycles. The number of ether oxygens (including phenoxy) is 1. The molecule has 0 atom stereocenters. The molecule has 0 aliphatic heterocycles. The van der Waals surface area contributed by atoms with Crippen molar-refractivity contribution < 1.29 is 22.3 Å². The lowest BCUT2D eigenvalue weighted by Gasteiger charge is -2.09. The van der Waals surface area contributed by atoms with Crippen molar-refractivity contribution in [3.05, 3.63) is 24.0 Å². The van der Waals surface area contributed by atoms with Crippen LogP contribution in [0, 0.1) is 5.82 Å². The van der Waals surface area contributed by atoms with E-state index in [1.54, 1.807) is 0 Å². The summed E-state index contributed by atoms with van der Waals surface area (Å²) in [5.41, 5.74) is 0.0132. The third-order valence-electron chi connectivity index (χ3n) is 2.34. The lowest BCUT2D eigenvalue weighted by atomic mass is 10.3. The molecule has 112 valence electrons. The van der Waals surface area contributed by atoms with Gasteiger partial charge in [-0.1, -0.05) is 0 Å². The highest BCUT2D eigenvalue weighted by Gasteiger charge is 2.12. The Balaban J connectivity index is 2.59. The van der Waals surface area contributed by atoms with Crippen molar-refractivity contribution in [3.63, 3.8) is 0 Å². The van der Waals surface area contributed by atoms with Crippen LogP contribution < -0.4 is 15.8 Å². The minimum atomic E-state index is -3.95. The number of hydrogen-bond acceptors (Lipinski definition) is 5. The number of carbonyl (C=O) groups is 1. The summed E-state index contributed by atoms with van der Waals surface area (Å²) in [6.45, 7) is 0.586. The molecule has 4 N–H and O–H groups in total. The van der Waals surface area contributed by atoms with Gasteiger partial charge in [0.25, 0.3) is 0 Å². The lowest BCUT2D eigenvalue weighted by Crippen LogP contribution is -2.32. The van der Waals surface area contributed by atoms with E-state index < -0.39 is 15.8 Å². The largest absolute Gasteiger partial charge is 0.383 e. The zero-order valence-electron chi connectivity index (χ0n) is 10.8. The molecular weight excluding hydrogens is 289 g/mol. The molecule has 0 spiro atoms. The van der Waals surface area contributed by atoms with Gasteiger partial charge in [0.1, 0.15) is 5.82 Å². The maximum Gasteiger partial charge on any atom is 0.239 e. The van der Waals surface area contributed by atoms with Gasteiger partial charge >= 0.3 is 0 Å². The molecule has 1 aromatic carbocycles. The molecule has 0 unspecified atom stereocenters. The quantitative estimate of drug-likeness (QED) is 0.596. The Kier molecular flexibility index (Phi) is 5.86. The molecule has 0 saturated heterocycles. The molecule has 0 heterocycles. The highest BCUT2D eigenvalue weighted by molar-refractivity contribution is 7.89. The number of sulfonamides is 1. The van der Waals surface area contributed by atoms with Crippen molar-refractivity contribution in [1.29, 1.82) is 0 Å². The Hall–Kier alpha value is -1.71. The van der Waals surface area contributed by atoms with Gasteiger partial charge in [0.05, 0.1) is 23.7 Å². The number of benzene rings is 1. The second-order valence-electron chi connectivity index (χ2n) is 3.88. The van der Waals surface area contributed by atoms with Crippen LogP contribution in [-0.4, -0.2) is 41.1 Å². The van der Waals surface area contributed by atoms with E-state index >= 15 is 0 Å². The molecule has 0 bridgehead atoms. The summed E-state index contributed by atoms with van der Waals surface area (Å²) >= 11 is 0. The van der Waals surface area contributed by atoms with Crippen molar-refractivity contribution in [3.8, 4) is 0 Å². The van der Waals surface area contributed by atoms with Gasteiger partial charge in [0.15, 0.2) is 0 Å². The van der Waals surface area contributed by atoms with E-state index in [1.807, 2.05) is 0 Å². The van der Waals surface area contributed by atoms with E-state index in [0.29, 0.717) is 13.2 Å². The van der Waals surface area contributed by atoms with Crippen LogP contribution in [0.15, 0.2) is 23.1 Å². The molecule has 0 aliphatic carbocycles. The number of methoxy groups -OCH3 is 1. The van der Waals surface area contributed by atoms with Crippen molar-refractivity contribution in [2.45, 2.75) is 4.90 Å². The van der Waals surface area contributed by atoms with Crippen LogP contribution in [0.3, 0.4) is 0 Å². The molecule has 1 amide bonds. The summed E-state index contributed by atoms with van der Waals surface area (Å²) in [6, 6.07) is 3.15. The number of carbonyl (C=O) groups excluding carboxylic acids is 1. The Bertz CT molecular complexity index is 577. The van der Waals surface area contributed by atoms with Crippen molar-refractivity contribution in [2.75, 3.05) is 32.1 Å². The predicted octanol–water partition coefficient (Wildman–Crippen LogP) is -0.352. The minimum Gasteiger partial charge on any atom is -0.383 e. The smallest absolute Gasteiger partial charge is 0.239 e. The molecule has 0 aliphatic rings. The SMILES string of the molecule is COCCNC(=O)CNc1ccc(S(N)(=O)=O)cc1F. The summed E-state index contributed by atoms with van der Waals surface area (Å²) in [4.78, 5) is 11.0. The van der Waals surface area contributed by atoms with Gasteiger partial charge in [-0.2, -0.15) is 0 Å². The van der Waals surface area contributed by atoms with Crippen molar-refractivity contribution in [1.82, 2.24) is 5.32 Å². The van der Waals surface area contributed by atoms with Crippen molar-refractivity contribution >= 4 is 21.6 Å². The second kappa shape index (κ2) is 7.17. The zero-order valence-corrected chi connectivity index (χ0v) is 11.7. The number of nitrogens with two attached hydrogens (primary N) is 1. The molecule has 7 nitrogen and oxygen atoms in total. The first kappa shape index (κ1) is 16.3. The fraction of sp³-hybridized carbons (Fsp3) is 0.364. The fourth-order valence-corrected chi connectivity index (χ4v) is 1.87. The molecule has 1 aromatic rings. The van der Waals surface area contributed by atoms with E-state index in [-0.39, 0.29) is 23.0 Å². The van der Waals surface area contributed by atoms with Crippen LogP contribution >= 0.6 is 0 Å². The molecule has 0 fully saturated rings. The lowest BCUT2D eigenvalue weighted by molar-refractivity contribution is -0.119. The maximum absolute atomic E-state index is 13.6. The summed E-state index contributed by atoms with van der Waals surface area (Å²) in [5, 5.41) is 9.97. The third kappa shape index (κ3) is 5.11.